The molecule has 0 saturated carbocycles. The van der Waals surface area contributed by atoms with Crippen LogP contribution >= 0.6 is 0 Å². The Balaban J connectivity index is 1.88. The summed E-state index contributed by atoms with van der Waals surface area (Å²) in [6.45, 7) is 4.22. The molecule has 2 N–H and O–H groups in total. The Bertz CT molecular complexity index is 656. The third-order valence-corrected chi connectivity index (χ3v) is 4.15. The zero-order chi connectivity index (χ0) is 15.5. The van der Waals surface area contributed by atoms with E-state index >= 15 is 0 Å². The maximum Gasteiger partial charge on any atom is 0.165 e. The second-order valence-electron chi connectivity index (χ2n) is 5.59. The van der Waals surface area contributed by atoms with Crippen molar-refractivity contribution in [2.24, 2.45) is 0 Å². The maximum atomic E-state index is 6.12. The molecule has 22 heavy (non-hydrogen) atoms. The molecule has 6 nitrogen and oxygen atoms in total. The van der Waals surface area contributed by atoms with Gasteiger partial charge in [0.2, 0.25) is 0 Å². The largest absolute Gasteiger partial charge is 0.493 e. The van der Waals surface area contributed by atoms with Crippen LogP contribution in [-0.2, 0) is 0 Å². The molecule has 2 heterocycles. The number of nitrogens with zero attached hydrogens (tertiary/aromatic N) is 3. The first-order valence-electron chi connectivity index (χ1n) is 7.68. The molecule has 2 aromatic rings. The number of aromatic nitrogens is 2. The van der Waals surface area contributed by atoms with Gasteiger partial charge in [-0.3, -0.25) is 4.90 Å². The summed E-state index contributed by atoms with van der Waals surface area (Å²) in [4.78, 5) is 10.6. The first-order chi connectivity index (χ1) is 10.7. The van der Waals surface area contributed by atoms with E-state index < -0.39 is 0 Å². The fourth-order valence-electron chi connectivity index (χ4n) is 2.88. The summed E-state index contributed by atoms with van der Waals surface area (Å²) in [7, 11) is 1.62. The van der Waals surface area contributed by atoms with Crippen molar-refractivity contribution < 1.29 is 9.47 Å². The lowest BCUT2D eigenvalue weighted by Crippen LogP contribution is -2.40. The predicted molar refractivity (Wildman–Crippen MR) is 86.0 cm³/mol. The van der Waals surface area contributed by atoms with Crippen LogP contribution in [0.2, 0.25) is 0 Å². The average molecular weight is 302 g/mol. The Morgan fingerprint density at radius 1 is 1.14 bits per heavy atom. The highest BCUT2D eigenvalue weighted by Crippen LogP contribution is 2.34. The Morgan fingerprint density at radius 3 is 2.64 bits per heavy atom. The summed E-state index contributed by atoms with van der Waals surface area (Å²) in [6.07, 6.45) is 5.23. The number of ether oxygens (including phenoxy) is 2. The standard InChI is InChI=1S/C16H22N4O2/c1-11(20-6-4-3-5-7-20)22-15-9-13-12(8-14(15)21-2)16(17)19-10-18-13/h8-11H,3-7H2,1-2H3,(H2,17,18,19). The normalized spacial score (nSPS) is 17.4. The van der Waals surface area contributed by atoms with Crippen molar-refractivity contribution in [2.45, 2.75) is 32.4 Å². The third kappa shape index (κ3) is 2.92. The molecule has 1 aromatic heterocycles. The quantitative estimate of drug-likeness (QED) is 0.935. The van der Waals surface area contributed by atoms with E-state index in [0.29, 0.717) is 17.3 Å². The van der Waals surface area contributed by atoms with E-state index in [1.807, 2.05) is 12.1 Å². The SMILES string of the molecule is COc1cc2c(N)ncnc2cc1OC(C)N1CCCCC1. The summed E-state index contributed by atoms with van der Waals surface area (Å²) in [6, 6.07) is 3.70. The lowest BCUT2D eigenvalue weighted by atomic mass is 10.1. The van der Waals surface area contributed by atoms with Crippen LogP contribution < -0.4 is 15.2 Å². The van der Waals surface area contributed by atoms with Crippen molar-refractivity contribution in [3.8, 4) is 11.5 Å². The van der Waals surface area contributed by atoms with E-state index in [9.17, 15) is 0 Å². The van der Waals surface area contributed by atoms with Gasteiger partial charge < -0.3 is 15.2 Å². The summed E-state index contributed by atoms with van der Waals surface area (Å²) in [5, 5.41) is 0.775. The minimum Gasteiger partial charge on any atom is -0.493 e. The van der Waals surface area contributed by atoms with Gasteiger partial charge in [-0.05, 0) is 25.8 Å². The van der Waals surface area contributed by atoms with Gasteiger partial charge in [-0.15, -0.1) is 0 Å². The lowest BCUT2D eigenvalue weighted by Gasteiger charge is -2.32. The van der Waals surface area contributed by atoms with Crippen LogP contribution in [0.4, 0.5) is 5.82 Å². The van der Waals surface area contributed by atoms with Crippen LogP contribution in [0.5, 0.6) is 11.5 Å². The second kappa shape index (κ2) is 6.36. The number of fused-ring (bicyclic) bond motifs is 1. The molecule has 118 valence electrons. The summed E-state index contributed by atoms with van der Waals surface area (Å²) >= 11 is 0. The molecule has 0 spiro atoms. The zero-order valence-corrected chi connectivity index (χ0v) is 13.1. The van der Waals surface area contributed by atoms with Gasteiger partial charge in [0.15, 0.2) is 11.5 Å². The molecule has 1 saturated heterocycles. The number of hydrogen-bond acceptors (Lipinski definition) is 6. The lowest BCUT2D eigenvalue weighted by molar-refractivity contribution is 0.0246. The van der Waals surface area contributed by atoms with Gasteiger partial charge in [-0.1, -0.05) is 6.42 Å². The molecule has 1 atom stereocenters. The van der Waals surface area contributed by atoms with Gasteiger partial charge in [-0.2, -0.15) is 0 Å². The Kier molecular flexibility index (Phi) is 4.29. The number of nitrogen functional groups attached to an aromatic ring is 1. The molecule has 3 rings (SSSR count). The molecule has 6 heteroatoms. The van der Waals surface area contributed by atoms with Crippen LogP contribution in [0.1, 0.15) is 26.2 Å². The van der Waals surface area contributed by atoms with E-state index in [1.54, 1.807) is 7.11 Å². The van der Waals surface area contributed by atoms with Crippen molar-refractivity contribution >= 4 is 16.7 Å². The molecule has 1 aliphatic heterocycles. The van der Waals surface area contributed by atoms with E-state index in [0.717, 1.165) is 24.0 Å². The number of nitrogens with two attached hydrogens (primary N) is 1. The highest BCUT2D eigenvalue weighted by Gasteiger charge is 2.20. The van der Waals surface area contributed by atoms with Crippen LogP contribution in [0.25, 0.3) is 10.9 Å². The molecule has 1 aliphatic rings. The van der Waals surface area contributed by atoms with E-state index in [-0.39, 0.29) is 6.23 Å². The number of likely N-dealkylation sites (tertiary alicyclic amines) is 1. The van der Waals surface area contributed by atoms with E-state index in [4.69, 9.17) is 15.2 Å². The van der Waals surface area contributed by atoms with Crippen LogP contribution in [-0.4, -0.2) is 41.3 Å². The van der Waals surface area contributed by atoms with Crippen molar-refractivity contribution in [1.29, 1.82) is 0 Å². The van der Waals surface area contributed by atoms with Crippen LogP contribution in [0.3, 0.4) is 0 Å². The molecule has 0 aliphatic carbocycles. The van der Waals surface area contributed by atoms with Gasteiger partial charge in [0.05, 0.1) is 12.6 Å². The van der Waals surface area contributed by atoms with Crippen LogP contribution in [0, 0.1) is 0 Å². The summed E-state index contributed by atoms with van der Waals surface area (Å²) < 4.78 is 11.6. The first-order valence-corrected chi connectivity index (χ1v) is 7.68. The molecule has 0 radical (unpaired) electrons. The van der Waals surface area contributed by atoms with Gasteiger partial charge in [0.25, 0.3) is 0 Å². The first kappa shape index (κ1) is 14.8. The topological polar surface area (TPSA) is 73.5 Å². The van der Waals surface area contributed by atoms with Crippen LogP contribution in [0.15, 0.2) is 18.5 Å². The van der Waals surface area contributed by atoms with E-state index in [1.165, 1.54) is 25.6 Å². The third-order valence-electron chi connectivity index (χ3n) is 4.15. The zero-order valence-electron chi connectivity index (χ0n) is 13.1. The molecular formula is C16H22N4O2. The highest BCUT2D eigenvalue weighted by atomic mass is 16.5. The molecule has 1 aromatic carbocycles. The van der Waals surface area contributed by atoms with Crippen molar-refractivity contribution in [2.75, 3.05) is 25.9 Å². The summed E-state index contributed by atoms with van der Waals surface area (Å²) in [5.74, 6) is 1.78. The van der Waals surface area contributed by atoms with Crippen molar-refractivity contribution in [3.05, 3.63) is 18.5 Å². The van der Waals surface area contributed by atoms with Gasteiger partial charge in [0.1, 0.15) is 18.4 Å². The fraction of sp³-hybridized carbons (Fsp3) is 0.500. The number of benzene rings is 1. The van der Waals surface area contributed by atoms with Gasteiger partial charge >= 0.3 is 0 Å². The van der Waals surface area contributed by atoms with Crippen molar-refractivity contribution in [3.63, 3.8) is 0 Å². The second-order valence-corrected chi connectivity index (χ2v) is 5.59. The molecule has 1 fully saturated rings. The van der Waals surface area contributed by atoms with Gasteiger partial charge in [-0.25, -0.2) is 9.97 Å². The maximum absolute atomic E-state index is 6.12. The number of anilines is 1. The number of hydrogen-bond donors (Lipinski definition) is 1. The Labute approximate surface area is 130 Å². The van der Waals surface area contributed by atoms with Crippen molar-refractivity contribution in [1.82, 2.24) is 14.9 Å². The monoisotopic (exact) mass is 302 g/mol. The number of piperidine rings is 1. The molecule has 0 bridgehead atoms. The smallest absolute Gasteiger partial charge is 0.165 e. The van der Waals surface area contributed by atoms with Gasteiger partial charge in [0, 0.05) is 24.5 Å². The number of rotatable bonds is 4. The predicted octanol–water partition coefficient (Wildman–Crippen LogP) is 2.43. The number of methoxy groups -OCH3 is 1. The molecular weight excluding hydrogens is 280 g/mol. The molecule has 1 unspecified atom stereocenters. The van der Waals surface area contributed by atoms with E-state index in [2.05, 4.69) is 21.8 Å². The minimum atomic E-state index is 0.00540. The average Bonchev–Trinajstić information content (AvgIpc) is 2.55. The highest BCUT2D eigenvalue weighted by molar-refractivity contribution is 5.90. The fourth-order valence-corrected chi connectivity index (χ4v) is 2.88. The molecule has 0 amide bonds. The Hall–Kier alpha value is -2.08. The minimum absolute atomic E-state index is 0.00540. The summed E-state index contributed by atoms with van der Waals surface area (Å²) in [5.41, 5.74) is 6.65. The Morgan fingerprint density at radius 2 is 1.91 bits per heavy atom.